The van der Waals surface area contributed by atoms with Crippen LogP contribution in [0.4, 0.5) is 0 Å². The molecule has 0 fully saturated rings. The van der Waals surface area contributed by atoms with Gasteiger partial charge in [0.1, 0.15) is 11.9 Å². The number of hydrogen-bond acceptors (Lipinski definition) is 2. The second-order valence-corrected chi connectivity index (χ2v) is 4.73. The third-order valence-electron chi connectivity index (χ3n) is 2.51. The van der Waals surface area contributed by atoms with E-state index in [9.17, 15) is 0 Å². The lowest BCUT2D eigenvalue weighted by Gasteiger charge is -2.15. The van der Waals surface area contributed by atoms with Crippen LogP contribution in [0, 0.1) is 6.92 Å². The molecule has 0 saturated heterocycles. The summed E-state index contributed by atoms with van der Waals surface area (Å²) >= 11 is 0. The van der Waals surface area contributed by atoms with Crippen LogP contribution in [-0.2, 0) is 0 Å². The highest BCUT2D eigenvalue weighted by molar-refractivity contribution is 5.78. The number of rotatable bonds is 6. The topological polar surface area (TPSA) is 59.6 Å². The summed E-state index contributed by atoms with van der Waals surface area (Å²) in [5.74, 6) is 1.31. The van der Waals surface area contributed by atoms with Crippen LogP contribution in [0.15, 0.2) is 41.4 Å². The summed E-state index contributed by atoms with van der Waals surface area (Å²) in [5, 5.41) is 2.99. The van der Waals surface area contributed by atoms with Crippen molar-refractivity contribution in [2.45, 2.75) is 26.9 Å². The number of nitrogens with one attached hydrogen (secondary N) is 1. The van der Waals surface area contributed by atoms with Crippen molar-refractivity contribution in [2.24, 2.45) is 10.7 Å². The number of para-hydroxylation sites is 1. The van der Waals surface area contributed by atoms with E-state index < -0.39 is 0 Å². The molecule has 1 atom stereocenters. The molecule has 0 bridgehead atoms. The average molecular weight is 261 g/mol. The first-order valence-corrected chi connectivity index (χ1v) is 6.39. The van der Waals surface area contributed by atoms with E-state index in [1.54, 1.807) is 0 Å². The van der Waals surface area contributed by atoms with Crippen LogP contribution >= 0.6 is 0 Å². The number of hydrogen-bond donors (Lipinski definition) is 2. The van der Waals surface area contributed by atoms with E-state index in [1.165, 1.54) is 0 Å². The lowest BCUT2D eigenvalue weighted by Crippen LogP contribution is -2.33. The van der Waals surface area contributed by atoms with Gasteiger partial charge in [-0.05, 0) is 32.4 Å². The van der Waals surface area contributed by atoms with Crippen molar-refractivity contribution >= 4 is 5.96 Å². The minimum absolute atomic E-state index is 0.0220. The van der Waals surface area contributed by atoms with Gasteiger partial charge in [0.25, 0.3) is 0 Å². The Morgan fingerprint density at radius 3 is 2.79 bits per heavy atom. The highest BCUT2D eigenvalue weighted by Gasteiger charge is 2.05. The maximum Gasteiger partial charge on any atom is 0.188 e. The Balaban J connectivity index is 2.43. The molecule has 4 nitrogen and oxygen atoms in total. The van der Waals surface area contributed by atoms with Gasteiger partial charge in [-0.3, -0.25) is 0 Å². The van der Waals surface area contributed by atoms with Gasteiger partial charge in [0.2, 0.25) is 0 Å². The Morgan fingerprint density at radius 2 is 2.16 bits per heavy atom. The van der Waals surface area contributed by atoms with Crippen LogP contribution in [0.5, 0.6) is 5.75 Å². The molecule has 1 aromatic rings. The largest absolute Gasteiger partial charge is 0.489 e. The third-order valence-corrected chi connectivity index (χ3v) is 2.51. The Labute approximate surface area is 115 Å². The van der Waals surface area contributed by atoms with Crippen LogP contribution < -0.4 is 15.8 Å². The van der Waals surface area contributed by atoms with Gasteiger partial charge in [0.05, 0.1) is 6.54 Å². The highest BCUT2D eigenvalue weighted by atomic mass is 16.5. The molecule has 0 aliphatic rings. The Hall–Kier alpha value is -1.97. The van der Waals surface area contributed by atoms with Crippen molar-refractivity contribution in [1.82, 2.24) is 5.32 Å². The molecule has 1 rings (SSSR count). The number of nitrogens with zero attached hydrogens (tertiary/aromatic N) is 1. The molecule has 0 aromatic heterocycles. The fraction of sp³-hybridized carbons (Fsp3) is 0.400. The first-order chi connectivity index (χ1) is 8.99. The average Bonchev–Trinajstić information content (AvgIpc) is 2.36. The van der Waals surface area contributed by atoms with E-state index in [2.05, 4.69) is 16.9 Å². The number of ether oxygens (including phenoxy) is 1. The number of aliphatic imine (C=N–C) groups is 1. The highest BCUT2D eigenvalue weighted by Crippen LogP contribution is 2.17. The summed E-state index contributed by atoms with van der Waals surface area (Å²) in [7, 11) is 0. The SMILES string of the molecule is C=C(C)CNC(N)=NCC(C)Oc1ccccc1C. The fourth-order valence-corrected chi connectivity index (χ4v) is 1.47. The molecule has 3 N–H and O–H groups in total. The summed E-state index contributed by atoms with van der Waals surface area (Å²) < 4.78 is 5.81. The van der Waals surface area contributed by atoms with E-state index >= 15 is 0 Å². The monoisotopic (exact) mass is 261 g/mol. The third kappa shape index (κ3) is 5.95. The lowest BCUT2D eigenvalue weighted by atomic mass is 10.2. The minimum atomic E-state index is -0.0220. The van der Waals surface area contributed by atoms with Crippen molar-refractivity contribution in [2.75, 3.05) is 13.1 Å². The van der Waals surface area contributed by atoms with E-state index in [4.69, 9.17) is 10.5 Å². The summed E-state index contributed by atoms with van der Waals surface area (Å²) in [5.41, 5.74) is 7.87. The lowest BCUT2D eigenvalue weighted by molar-refractivity contribution is 0.229. The van der Waals surface area contributed by atoms with E-state index in [0.29, 0.717) is 19.0 Å². The molecule has 0 aliphatic carbocycles. The van der Waals surface area contributed by atoms with E-state index in [1.807, 2.05) is 45.0 Å². The van der Waals surface area contributed by atoms with Gasteiger partial charge in [0.15, 0.2) is 5.96 Å². The maximum absolute atomic E-state index is 5.81. The van der Waals surface area contributed by atoms with E-state index in [0.717, 1.165) is 16.9 Å². The van der Waals surface area contributed by atoms with Crippen LogP contribution in [-0.4, -0.2) is 25.2 Å². The van der Waals surface area contributed by atoms with Crippen LogP contribution in [0.1, 0.15) is 19.4 Å². The van der Waals surface area contributed by atoms with Gasteiger partial charge in [-0.1, -0.05) is 30.4 Å². The van der Waals surface area contributed by atoms with Gasteiger partial charge < -0.3 is 15.8 Å². The molecule has 0 amide bonds. The Morgan fingerprint density at radius 1 is 1.47 bits per heavy atom. The second-order valence-electron chi connectivity index (χ2n) is 4.73. The Bertz CT molecular complexity index is 454. The molecule has 19 heavy (non-hydrogen) atoms. The normalized spacial score (nSPS) is 12.9. The number of aryl methyl sites for hydroxylation is 1. The van der Waals surface area contributed by atoms with Crippen molar-refractivity contribution in [3.05, 3.63) is 42.0 Å². The molecule has 0 spiro atoms. The van der Waals surface area contributed by atoms with Crippen molar-refractivity contribution in [3.63, 3.8) is 0 Å². The molecule has 0 heterocycles. The van der Waals surface area contributed by atoms with Crippen molar-refractivity contribution < 1.29 is 4.74 Å². The molecular weight excluding hydrogens is 238 g/mol. The summed E-state index contributed by atoms with van der Waals surface area (Å²) in [6.07, 6.45) is -0.0220. The maximum atomic E-state index is 5.81. The zero-order valence-corrected chi connectivity index (χ0v) is 11.9. The Kier molecular flexibility index (Phi) is 5.93. The van der Waals surface area contributed by atoms with Crippen molar-refractivity contribution in [1.29, 1.82) is 0 Å². The molecule has 0 saturated carbocycles. The quantitative estimate of drug-likeness (QED) is 0.469. The van der Waals surface area contributed by atoms with Gasteiger partial charge in [-0.2, -0.15) is 0 Å². The number of benzene rings is 1. The zero-order valence-electron chi connectivity index (χ0n) is 11.9. The first kappa shape index (κ1) is 15.1. The molecule has 1 aromatic carbocycles. The molecule has 1 unspecified atom stereocenters. The molecule has 4 heteroatoms. The van der Waals surface area contributed by atoms with Gasteiger partial charge in [0, 0.05) is 6.54 Å². The number of guanidine groups is 1. The zero-order chi connectivity index (χ0) is 14.3. The molecule has 0 radical (unpaired) electrons. The predicted octanol–water partition coefficient (Wildman–Crippen LogP) is 2.24. The van der Waals surface area contributed by atoms with Crippen LogP contribution in [0.3, 0.4) is 0 Å². The summed E-state index contributed by atoms with van der Waals surface area (Å²) in [6, 6.07) is 7.93. The van der Waals surface area contributed by atoms with Gasteiger partial charge >= 0.3 is 0 Å². The van der Waals surface area contributed by atoms with Crippen LogP contribution in [0.2, 0.25) is 0 Å². The van der Waals surface area contributed by atoms with Crippen LogP contribution in [0.25, 0.3) is 0 Å². The fourth-order valence-electron chi connectivity index (χ4n) is 1.47. The molecular formula is C15H23N3O. The number of nitrogens with two attached hydrogens (primary N) is 1. The van der Waals surface area contributed by atoms with Gasteiger partial charge in [-0.25, -0.2) is 4.99 Å². The summed E-state index contributed by atoms with van der Waals surface area (Å²) in [4.78, 5) is 4.24. The standard InChI is InChI=1S/C15H23N3O/c1-11(2)9-17-15(16)18-10-13(4)19-14-8-6-5-7-12(14)3/h5-8,13H,1,9-10H2,2-4H3,(H3,16,17,18). The molecule has 104 valence electrons. The second kappa shape index (κ2) is 7.46. The minimum Gasteiger partial charge on any atom is -0.489 e. The van der Waals surface area contributed by atoms with Crippen molar-refractivity contribution in [3.8, 4) is 5.75 Å². The van der Waals surface area contributed by atoms with E-state index in [-0.39, 0.29) is 6.10 Å². The smallest absolute Gasteiger partial charge is 0.188 e. The first-order valence-electron chi connectivity index (χ1n) is 6.39. The summed E-state index contributed by atoms with van der Waals surface area (Å²) in [6.45, 7) is 10.9. The predicted molar refractivity (Wildman–Crippen MR) is 80.6 cm³/mol. The van der Waals surface area contributed by atoms with Gasteiger partial charge in [-0.15, -0.1) is 0 Å². The molecule has 0 aliphatic heterocycles.